The minimum absolute atomic E-state index is 0.0543. The largest absolute Gasteiger partial charge is 0.494 e. The smallest absolute Gasteiger partial charge is 0.338 e. The fourth-order valence-corrected chi connectivity index (χ4v) is 4.09. The molecule has 0 saturated heterocycles. The minimum Gasteiger partial charge on any atom is -0.494 e. The van der Waals surface area contributed by atoms with Crippen molar-refractivity contribution < 1.29 is 19.1 Å². The number of hydrogen-bond acceptors (Lipinski definition) is 7. The molecule has 0 fully saturated rings. The second-order valence-corrected chi connectivity index (χ2v) is 8.13. The molecule has 0 bridgehead atoms. The van der Waals surface area contributed by atoms with E-state index in [0.717, 1.165) is 16.9 Å². The van der Waals surface area contributed by atoms with Gasteiger partial charge in [-0.2, -0.15) is 10.1 Å². The van der Waals surface area contributed by atoms with Crippen molar-refractivity contribution in [1.29, 1.82) is 0 Å². The Kier molecular flexibility index (Phi) is 7.14. The molecule has 3 aromatic rings. The van der Waals surface area contributed by atoms with Gasteiger partial charge in [-0.3, -0.25) is 4.79 Å². The molecule has 0 saturated carbocycles. The Morgan fingerprint density at radius 2 is 1.71 bits per heavy atom. The molecule has 1 aliphatic heterocycles. The van der Waals surface area contributed by atoms with Crippen LogP contribution < -0.4 is 15.0 Å². The summed E-state index contributed by atoms with van der Waals surface area (Å²) in [6.07, 6.45) is 1.43. The third kappa shape index (κ3) is 5.03. The predicted molar refractivity (Wildman–Crippen MR) is 132 cm³/mol. The number of aryl methyl sites for hydroxylation is 1. The summed E-state index contributed by atoms with van der Waals surface area (Å²) >= 11 is 0. The van der Waals surface area contributed by atoms with Gasteiger partial charge >= 0.3 is 5.97 Å². The number of fused-ring (bicyclic) bond motifs is 1. The molecule has 0 aliphatic carbocycles. The van der Waals surface area contributed by atoms with Crippen LogP contribution in [0.4, 0.5) is 11.6 Å². The van der Waals surface area contributed by atoms with Crippen molar-refractivity contribution in [3.05, 3.63) is 77.3 Å². The zero-order valence-electron chi connectivity index (χ0n) is 20.3. The van der Waals surface area contributed by atoms with Gasteiger partial charge in [0, 0.05) is 11.4 Å². The number of aromatic nitrogens is 3. The van der Waals surface area contributed by atoms with E-state index in [1.807, 2.05) is 38.1 Å². The summed E-state index contributed by atoms with van der Waals surface area (Å²) in [4.78, 5) is 32.2. The van der Waals surface area contributed by atoms with Crippen molar-refractivity contribution >= 4 is 23.5 Å². The van der Waals surface area contributed by atoms with Crippen molar-refractivity contribution in [3.8, 4) is 5.75 Å². The van der Waals surface area contributed by atoms with Crippen LogP contribution in [0.3, 0.4) is 0 Å². The molecule has 9 heteroatoms. The van der Waals surface area contributed by atoms with Gasteiger partial charge in [-0.05, 0) is 57.5 Å². The van der Waals surface area contributed by atoms with Crippen LogP contribution in [-0.4, -0.2) is 46.4 Å². The second-order valence-electron chi connectivity index (χ2n) is 8.13. The number of ether oxygens (including phenoxy) is 2. The highest BCUT2D eigenvalue weighted by atomic mass is 16.5. The summed E-state index contributed by atoms with van der Waals surface area (Å²) in [6.45, 7) is 8.23. The number of allylic oxidation sites excluding steroid dienone is 1. The molecule has 1 N–H and O–H groups in total. The first-order valence-electron chi connectivity index (χ1n) is 11.6. The molecular weight excluding hydrogens is 446 g/mol. The van der Waals surface area contributed by atoms with Crippen LogP contribution in [0.1, 0.15) is 37.9 Å². The fraction of sp³-hybridized carbons (Fsp3) is 0.308. The van der Waals surface area contributed by atoms with E-state index in [0.29, 0.717) is 29.5 Å². The number of benzene rings is 2. The summed E-state index contributed by atoms with van der Waals surface area (Å²) in [7, 11) is 0. The molecule has 1 atom stereocenters. The zero-order chi connectivity index (χ0) is 24.9. The van der Waals surface area contributed by atoms with E-state index in [2.05, 4.69) is 15.4 Å². The van der Waals surface area contributed by atoms with Gasteiger partial charge < -0.3 is 19.7 Å². The molecule has 35 heavy (non-hydrogen) atoms. The number of carbonyl (C=O) groups is 2. The van der Waals surface area contributed by atoms with Crippen LogP contribution in [-0.2, 0) is 14.3 Å². The molecule has 2 aromatic carbocycles. The van der Waals surface area contributed by atoms with Crippen molar-refractivity contribution in [2.45, 2.75) is 33.7 Å². The molecule has 1 aromatic heterocycles. The summed E-state index contributed by atoms with van der Waals surface area (Å²) in [5.41, 5.74) is 3.64. The van der Waals surface area contributed by atoms with Gasteiger partial charge in [-0.25, -0.2) is 9.48 Å². The highest BCUT2D eigenvalue weighted by Crippen LogP contribution is 2.38. The van der Waals surface area contributed by atoms with E-state index < -0.39 is 12.0 Å². The molecule has 0 radical (unpaired) electrons. The Morgan fingerprint density at radius 1 is 1.00 bits per heavy atom. The van der Waals surface area contributed by atoms with Crippen LogP contribution in [0.5, 0.6) is 5.75 Å². The maximum absolute atomic E-state index is 13.1. The Hall–Kier alpha value is -4.14. The molecule has 9 nitrogen and oxygen atoms in total. The number of amides is 1. The van der Waals surface area contributed by atoms with Crippen LogP contribution in [0.25, 0.3) is 0 Å². The zero-order valence-corrected chi connectivity index (χ0v) is 20.3. The number of esters is 1. The van der Waals surface area contributed by atoms with Gasteiger partial charge in [0.25, 0.3) is 0 Å². The van der Waals surface area contributed by atoms with Crippen molar-refractivity contribution in [3.63, 3.8) is 0 Å². The van der Waals surface area contributed by atoms with Gasteiger partial charge in [0.05, 0.1) is 18.8 Å². The summed E-state index contributed by atoms with van der Waals surface area (Å²) in [5.74, 6) is 0.492. The highest BCUT2D eigenvalue weighted by molar-refractivity contribution is 5.96. The Labute approximate surface area is 204 Å². The predicted octanol–water partition coefficient (Wildman–Crippen LogP) is 3.87. The first-order valence-corrected chi connectivity index (χ1v) is 11.6. The van der Waals surface area contributed by atoms with Gasteiger partial charge in [0.1, 0.15) is 24.7 Å². The van der Waals surface area contributed by atoms with E-state index >= 15 is 0 Å². The topological polar surface area (TPSA) is 98.6 Å². The Morgan fingerprint density at radius 3 is 2.37 bits per heavy atom. The fourth-order valence-electron chi connectivity index (χ4n) is 4.09. The molecule has 182 valence electrons. The average Bonchev–Trinajstić information content (AvgIpc) is 3.32. The van der Waals surface area contributed by atoms with Gasteiger partial charge in [-0.1, -0.05) is 29.8 Å². The number of anilines is 2. The highest BCUT2D eigenvalue weighted by Gasteiger charge is 2.38. The first kappa shape index (κ1) is 24.0. The minimum atomic E-state index is -0.516. The van der Waals surface area contributed by atoms with Crippen LogP contribution >= 0.6 is 0 Å². The summed E-state index contributed by atoms with van der Waals surface area (Å²) < 4.78 is 12.5. The standard InChI is InChI=1S/C26H29N5O4/c1-5-34-21-13-11-20(12-14-21)29-22(32)15-30-18(4)23(25(33)35-6-2)24(31-26(30)27-16-28-31)19-9-7-17(3)8-10-19/h7-14,16,24H,5-6,15H2,1-4H3,(H,29,32)/t24-/m0/s1. The SMILES string of the molecule is CCOC(=O)C1=C(C)N(CC(=O)Nc2ccc(OCC)cc2)c2ncnn2[C@H]1c1ccc(C)cc1. The monoisotopic (exact) mass is 475 g/mol. The van der Waals surface area contributed by atoms with Crippen LogP contribution in [0.15, 0.2) is 66.1 Å². The maximum atomic E-state index is 13.1. The third-order valence-electron chi connectivity index (χ3n) is 5.75. The summed E-state index contributed by atoms with van der Waals surface area (Å²) in [5, 5.41) is 7.30. The molecule has 1 aliphatic rings. The molecular formula is C26H29N5O4. The lowest BCUT2D eigenvalue weighted by Crippen LogP contribution is -2.40. The van der Waals surface area contributed by atoms with Crippen molar-refractivity contribution in [2.75, 3.05) is 30.0 Å². The Bertz CT molecular complexity index is 1230. The van der Waals surface area contributed by atoms with Crippen molar-refractivity contribution in [1.82, 2.24) is 14.8 Å². The van der Waals surface area contributed by atoms with E-state index in [-0.39, 0.29) is 19.1 Å². The number of nitrogens with zero attached hydrogens (tertiary/aromatic N) is 4. The van der Waals surface area contributed by atoms with Crippen LogP contribution in [0.2, 0.25) is 0 Å². The quantitative estimate of drug-likeness (QED) is 0.494. The molecule has 1 amide bonds. The van der Waals surface area contributed by atoms with E-state index in [4.69, 9.17) is 9.47 Å². The first-order chi connectivity index (χ1) is 16.9. The normalized spacial score (nSPS) is 15.0. The molecule has 4 rings (SSSR count). The molecule has 0 spiro atoms. The third-order valence-corrected chi connectivity index (χ3v) is 5.75. The molecule has 0 unspecified atom stereocenters. The number of rotatable bonds is 8. The second kappa shape index (κ2) is 10.4. The lowest BCUT2D eigenvalue weighted by Gasteiger charge is -2.35. The summed E-state index contributed by atoms with van der Waals surface area (Å²) in [6, 6.07) is 14.5. The van der Waals surface area contributed by atoms with Gasteiger partial charge in [0.2, 0.25) is 11.9 Å². The number of nitrogens with one attached hydrogen (secondary N) is 1. The lowest BCUT2D eigenvalue weighted by molar-refractivity contribution is -0.139. The Balaban J connectivity index is 1.66. The van der Waals surface area contributed by atoms with E-state index in [1.54, 1.807) is 47.7 Å². The van der Waals surface area contributed by atoms with Gasteiger partial charge in [0.15, 0.2) is 0 Å². The van der Waals surface area contributed by atoms with Gasteiger partial charge in [-0.15, -0.1) is 0 Å². The van der Waals surface area contributed by atoms with Crippen molar-refractivity contribution in [2.24, 2.45) is 0 Å². The van der Waals surface area contributed by atoms with E-state index in [1.165, 1.54) is 6.33 Å². The van der Waals surface area contributed by atoms with Crippen LogP contribution in [0, 0.1) is 6.92 Å². The maximum Gasteiger partial charge on any atom is 0.338 e. The number of hydrogen-bond donors (Lipinski definition) is 1. The average molecular weight is 476 g/mol. The number of carbonyl (C=O) groups excluding carboxylic acids is 2. The van der Waals surface area contributed by atoms with E-state index in [9.17, 15) is 9.59 Å². The molecule has 2 heterocycles. The lowest BCUT2D eigenvalue weighted by atomic mass is 9.94.